The fourth-order valence-electron chi connectivity index (χ4n) is 2.50. The molecule has 0 aliphatic rings. The topological polar surface area (TPSA) is 67.8 Å². The number of rotatable bonds is 7. The molecular weight excluding hydrogens is 396 g/mol. The molecule has 0 unspecified atom stereocenters. The average molecular weight is 413 g/mol. The number of carbonyl (C=O) groups excluding carboxylic acids is 1. The van der Waals surface area contributed by atoms with Gasteiger partial charge in [0.2, 0.25) is 0 Å². The number of carbonyl (C=O) groups is 1. The van der Waals surface area contributed by atoms with Crippen LogP contribution in [0.4, 0.5) is 0 Å². The van der Waals surface area contributed by atoms with Gasteiger partial charge in [-0.25, -0.2) is 9.97 Å². The molecule has 0 atom stereocenters. The first-order chi connectivity index (χ1) is 13.3. The van der Waals surface area contributed by atoms with Gasteiger partial charge < -0.3 is 5.32 Å². The molecule has 0 bridgehead atoms. The Kier molecular flexibility index (Phi) is 5.66. The fraction of sp³-hybridized carbons (Fsp3) is 0.158. The highest BCUT2D eigenvalue weighted by molar-refractivity contribution is 7.20. The van der Waals surface area contributed by atoms with Gasteiger partial charge in [-0.3, -0.25) is 9.78 Å². The molecule has 5 nitrogen and oxygen atoms in total. The third-order valence-electron chi connectivity index (χ3n) is 3.85. The van der Waals surface area contributed by atoms with E-state index in [9.17, 15) is 4.79 Å². The van der Waals surface area contributed by atoms with Gasteiger partial charge >= 0.3 is 0 Å². The summed E-state index contributed by atoms with van der Waals surface area (Å²) in [6.45, 7) is 0.606. The van der Waals surface area contributed by atoms with Crippen LogP contribution in [0.15, 0.2) is 52.8 Å². The molecule has 0 radical (unpaired) electrons. The smallest absolute Gasteiger partial charge is 0.270 e. The first-order valence-corrected chi connectivity index (χ1v) is 11.1. The van der Waals surface area contributed by atoms with Gasteiger partial charge in [0.25, 0.3) is 5.91 Å². The van der Waals surface area contributed by atoms with Gasteiger partial charge in [0.1, 0.15) is 10.7 Å². The summed E-state index contributed by atoms with van der Waals surface area (Å²) in [4.78, 5) is 26.4. The molecule has 0 aliphatic carbocycles. The summed E-state index contributed by atoms with van der Waals surface area (Å²) in [6.07, 6.45) is 5.23. The van der Waals surface area contributed by atoms with Crippen LogP contribution in [0, 0.1) is 0 Å². The molecule has 0 saturated heterocycles. The van der Waals surface area contributed by atoms with E-state index in [0.717, 1.165) is 39.0 Å². The van der Waals surface area contributed by atoms with Crippen LogP contribution in [0.1, 0.15) is 21.9 Å². The van der Waals surface area contributed by atoms with Gasteiger partial charge in [0.15, 0.2) is 0 Å². The van der Waals surface area contributed by atoms with Crippen molar-refractivity contribution in [2.24, 2.45) is 0 Å². The highest BCUT2D eigenvalue weighted by Crippen LogP contribution is 2.27. The first kappa shape index (κ1) is 18.0. The van der Waals surface area contributed by atoms with Gasteiger partial charge in [-0.2, -0.15) is 0 Å². The molecule has 0 aromatic carbocycles. The summed E-state index contributed by atoms with van der Waals surface area (Å²) in [5.41, 5.74) is 2.54. The summed E-state index contributed by atoms with van der Waals surface area (Å²) >= 11 is 4.77. The number of nitrogens with zero attached hydrogens (tertiary/aromatic N) is 3. The zero-order valence-corrected chi connectivity index (χ0v) is 16.7. The number of aromatic nitrogens is 3. The molecule has 136 valence electrons. The molecule has 27 heavy (non-hydrogen) atoms. The lowest BCUT2D eigenvalue weighted by molar-refractivity contribution is 0.0949. The van der Waals surface area contributed by atoms with E-state index in [1.807, 2.05) is 35.0 Å². The minimum Gasteiger partial charge on any atom is -0.351 e. The zero-order chi connectivity index (χ0) is 18.5. The monoisotopic (exact) mass is 412 g/mol. The van der Waals surface area contributed by atoms with Crippen molar-refractivity contribution in [2.75, 3.05) is 6.54 Å². The molecule has 0 fully saturated rings. The predicted molar refractivity (Wildman–Crippen MR) is 111 cm³/mol. The Morgan fingerprint density at radius 1 is 1.04 bits per heavy atom. The number of aryl methyl sites for hydroxylation is 1. The van der Waals surface area contributed by atoms with E-state index >= 15 is 0 Å². The summed E-state index contributed by atoms with van der Waals surface area (Å²) in [5.74, 6) is -0.120. The SMILES string of the molecule is O=C(NCCCc1nc(-c2ccncc2)cs1)c1csc(-c2cccs2)n1. The molecule has 4 aromatic heterocycles. The Morgan fingerprint density at radius 3 is 2.74 bits per heavy atom. The van der Waals surface area contributed by atoms with Crippen LogP contribution in [-0.2, 0) is 6.42 Å². The van der Waals surface area contributed by atoms with E-state index in [0.29, 0.717) is 12.2 Å². The van der Waals surface area contributed by atoms with Gasteiger partial charge in [-0.1, -0.05) is 6.07 Å². The third-order valence-corrected chi connectivity index (χ3v) is 6.64. The summed E-state index contributed by atoms with van der Waals surface area (Å²) in [6, 6.07) is 7.91. The van der Waals surface area contributed by atoms with Crippen molar-refractivity contribution in [2.45, 2.75) is 12.8 Å². The molecule has 0 spiro atoms. The molecule has 1 amide bonds. The number of nitrogens with one attached hydrogen (secondary N) is 1. The molecule has 0 aliphatic heterocycles. The Bertz CT molecular complexity index is 1010. The lowest BCUT2D eigenvalue weighted by Crippen LogP contribution is -2.25. The molecular formula is C19H16N4OS3. The van der Waals surface area contributed by atoms with E-state index in [2.05, 4.69) is 25.6 Å². The highest BCUT2D eigenvalue weighted by Gasteiger charge is 2.12. The molecule has 4 heterocycles. The van der Waals surface area contributed by atoms with Gasteiger partial charge in [0.05, 0.1) is 15.6 Å². The van der Waals surface area contributed by atoms with Crippen molar-refractivity contribution in [1.29, 1.82) is 0 Å². The van der Waals surface area contributed by atoms with Crippen LogP contribution < -0.4 is 5.32 Å². The number of thiazole rings is 2. The summed E-state index contributed by atoms with van der Waals surface area (Å²) in [5, 5.41) is 10.8. The van der Waals surface area contributed by atoms with E-state index in [1.54, 1.807) is 35.1 Å². The first-order valence-electron chi connectivity index (χ1n) is 8.42. The van der Waals surface area contributed by atoms with Crippen molar-refractivity contribution in [3.8, 4) is 21.1 Å². The molecule has 8 heteroatoms. The van der Waals surface area contributed by atoms with Crippen molar-refractivity contribution in [3.05, 3.63) is 63.5 Å². The van der Waals surface area contributed by atoms with Gasteiger partial charge in [0, 0.05) is 41.7 Å². The zero-order valence-electron chi connectivity index (χ0n) is 14.3. The van der Waals surface area contributed by atoms with Crippen LogP contribution in [0.3, 0.4) is 0 Å². The van der Waals surface area contributed by atoms with Crippen LogP contribution in [-0.4, -0.2) is 27.4 Å². The van der Waals surface area contributed by atoms with E-state index < -0.39 is 0 Å². The fourth-order valence-corrected chi connectivity index (χ4v) is 4.97. The molecule has 4 rings (SSSR count). The Hall–Kier alpha value is -2.42. The third kappa shape index (κ3) is 4.47. The van der Waals surface area contributed by atoms with Gasteiger partial charge in [-0.05, 0) is 30.0 Å². The number of hydrogen-bond acceptors (Lipinski definition) is 7. The van der Waals surface area contributed by atoms with Crippen molar-refractivity contribution < 1.29 is 4.79 Å². The van der Waals surface area contributed by atoms with Crippen molar-refractivity contribution >= 4 is 39.9 Å². The second-order valence-corrected chi connectivity index (χ2v) is 8.49. The molecule has 0 saturated carbocycles. The van der Waals surface area contributed by atoms with Crippen LogP contribution in [0.2, 0.25) is 0 Å². The maximum Gasteiger partial charge on any atom is 0.270 e. The standard InChI is InChI=1S/C19H16N4OS3/c24-18(15-12-27-19(23-15)16-3-2-10-25-16)21-7-1-4-17-22-14(11-26-17)13-5-8-20-9-6-13/h2-3,5-6,8-12H,1,4,7H2,(H,21,24). The highest BCUT2D eigenvalue weighted by atomic mass is 32.1. The lowest BCUT2D eigenvalue weighted by atomic mass is 10.2. The summed E-state index contributed by atoms with van der Waals surface area (Å²) in [7, 11) is 0. The second-order valence-electron chi connectivity index (χ2n) is 5.74. The van der Waals surface area contributed by atoms with Crippen LogP contribution in [0.25, 0.3) is 21.1 Å². The maximum atomic E-state index is 12.2. The van der Waals surface area contributed by atoms with E-state index in [-0.39, 0.29) is 5.91 Å². The average Bonchev–Trinajstić information content (AvgIpc) is 3.47. The number of hydrogen-bond donors (Lipinski definition) is 1. The molecule has 1 N–H and O–H groups in total. The number of amides is 1. The lowest BCUT2D eigenvalue weighted by Gasteiger charge is -2.02. The largest absolute Gasteiger partial charge is 0.351 e. The molecule has 4 aromatic rings. The quantitative estimate of drug-likeness (QED) is 0.445. The Labute approximate surface area is 168 Å². The van der Waals surface area contributed by atoms with Crippen molar-refractivity contribution in [3.63, 3.8) is 0 Å². The van der Waals surface area contributed by atoms with E-state index in [4.69, 9.17) is 0 Å². The Balaban J connectivity index is 1.26. The number of thiophene rings is 1. The van der Waals surface area contributed by atoms with Crippen molar-refractivity contribution in [1.82, 2.24) is 20.3 Å². The maximum absolute atomic E-state index is 12.2. The summed E-state index contributed by atoms with van der Waals surface area (Å²) < 4.78 is 0. The predicted octanol–water partition coefficient (Wildman–Crippen LogP) is 4.75. The van der Waals surface area contributed by atoms with Gasteiger partial charge in [-0.15, -0.1) is 34.0 Å². The second kappa shape index (κ2) is 8.51. The minimum absolute atomic E-state index is 0.120. The number of pyridine rings is 1. The van der Waals surface area contributed by atoms with Crippen LogP contribution >= 0.6 is 34.0 Å². The van der Waals surface area contributed by atoms with E-state index in [1.165, 1.54) is 11.3 Å². The Morgan fingerprint density at radius 2 is 1.93 bits per heavy atom. The normalized spacial score (nSPS) is 10.8. The van der Waals surface area contributed by atoms with Crippen LogP contribution in [0.5, 0.6) is 0 Å². The minimum atomic E-state index is -0.120.